The number of hydrogen-bond donors (Lipinski definition) is 2. The van der Waals surface area contributed by atoms with Gasteiger partial charge in [-0.3, -0.25) is 4.79 Å². The molecule has 8 heteroatoms. The first-order valence-corrected chi connectivity index (χ1v) is 8.42. The predicted octanol–water partition coefficient (Wildman–Crippen LogP) is 3.46. The third-order valence-corrected chi connectivity index (χ3v) is 4.18. The Kier molecular flexibility index (Phi) is 5.60. The summed E-state index contributed by atoms with van der Waals surface area (Å²) in [7, 11) is 0. The van der Waals surface area contributed by atoms with Crippen molar-refractivity contribution in [2.75, 3.05) is 18.7 Å². The molecule has 2 aromatic carbocycles. The van der Waals surface area contributed by atoms with Crippen LogP contribution in [0.15, 0.2) is 47.4 Å². The minimum absolute atomic E-state index is 0.0892. The van der Waals surface area contributed by atoms with Crippen LogP contribution in [0.3, 0.4) is 0 Å². The molecule has 25 heavy (non-hydrogen) atoms. The Morgan fingerprint density at radius 2 is 1.88 bits per heavy atom. The molecule has 0 fully saturated rings. The summed E-state index contributed by atoms with van der Waals surface area (Å²) in [6.45, 7) is 0.677. The number of amides is 1. The van der Waals surface area contributed by atoms with Gasteiger partial charge in [0, 0.05) is 17.1 Å². The van der Waals surface area contributed by atoms with E-state index in [4.69, 9.17) is 9.47 Å². The van der Waals surface area contributed by atoms with Gasteiger partial charge in [-0.05, 0) is 42.0 Å². The number of alkyl halides is 2. The molecule has 0 aromatic heterocycles. The van der Waals surface area contributed by atoms with E-state index in [0.717, 1.165) is 5.56 Å². The van der Waals surface area contributed by atoms with E-state index < -0.39 is 5.76 Å². The Morgan fingerprint density at radius 1 is 1.12 bits per heavy atom. The summed E-state index contributed by atoms with van der Waals surface area (Å²) in [6.07, 6.45) is 0. The van der Waals surface area contributed by atoms with Gasteiger partial charge < -0.3 is 20.1 Å². The van der Waals surface area contributed by atoms with Gasteiger partial charge in [0.25, 0.3) is 5.76 Å². The van der Waals surface area contributed by atoms with Crippen molar-refractivity contribution >= 4 is 23.4 Å². The number of thioether (sulfide) groups is 1. The first-order chi connectivity index (χ1) is 12.1. The Morgan fingerprint density at radius 3 is 2.64 bits per heavy atom. The third kappa shape index (κ3) is 4.99. The van der Waals surface area contributed by atoms with Crippen molar-refractivity contribution in [3.63, 3.8) is 0 Å². The van der Waals surface area contributed by atoms with Gasteiger partial charge >= 0.3 is 0 Å². The number of ether oxygens (including phenoxy) is 2. The number of rotatable bonds is 7. The predicted molar refractivity (Wildman–Crippen MR) is 91.2 cm³/mol. The Balaban J connectivity index is 1.43. The largest absolute Gasteiger partial charge is 0.454 e. The van der Waals surface area contributed by atoms with E-state index in [9.17, 15) is 13.6 Å². The van der Waals surface area contributed by atoms with Gasteiger partial charge in [-0.25, -0.2) is 0 Å². The fourth-order valence-corrected chi connectivity index (χ4v) is 2.75. The van der Waals surface area contributed by atoms with Crippen LogP contribution in [-0.2, 0) is 11.3 Å². The summed E-state index contributed by atoms with van der Waals surface area (Å²) in [5.41, 5.74) is 1.60. The van der Waals surface area contributed by atoms with E-state index in [1.54, 1.807) is 30.3 Å². The first-order valence-electron chi connectivity index (χ1n) is 7.54. The third-order valence-electron chi connectivity index (χ3n) is 3.46. The number of halogens is 2. The van der Waals surface area contributed by atoms with E-state index in [2.05, 4.69) is 10.6 Å². The maximum absolute atomic E-state index is 12.3. The maximum Gasteiger partial charge on any atom is 0.288 e. The van der Waals surface area contributed by atoms with Crippen molar-refractivity contribution in [3.05, 3.63) is 48.0 Å². The van der Waals surface area contributed by atoms with E-state index >= 15 is 0 Å². The van der Waals surface area contributed by atoms with Crippen LogP contribution in [0.4, 0.5) is 14.5 Å². The molecule has 2 N–H and O–H groups in total. The molecule has 0 bridgehead atoms. The lowest BCUT2D eigenvalue weighted by molar-refractivity contribution is -0.119. The molecule has 1 amide bonds. The summed E-state index contributed by atoms with van der Waals surface area (Å²) in [5, 5.41) is 5.75. The lowest BCUT2D eigenvalue weighted by atomic mass is 10.2. The van der Waals surface area contributed by atoms with Crippen molar-refractivity contribution in [2.24, 2.45) is 0 Å². The summed E-state index contributed by atoms with van der Waals surface area (Å²) >= 11 is 0.486. The number of benzene rings is 2. The zero-order chi connectivity index (χ0) is 17.6. The van der Waals surface area contributed by atoms with E-state index in [0.29, 0.717) is 40.4 Å². The number of fused-ring (bicyclic) bond motifs is 1. The average Bonchev–Trinajstić information content (AvgIpc) is 3.06. The molecule has 1 aliphatic rings. The van der Waals surface area contributed by atoms with Gasteiger partial charge in [0.2, 0.25) is 12.7 Å². The Bertz CT molecular complexity index is 741. The molecule has 0 saturated heterocycles. The second kappa shape index (κ2) is 8.06. The zero-order valence-corrected chi connectivity index (χ0v) is 13.9. The fourth-order valence-electron chi connectivity index (χ4n) is 2.25. The summed E-state index contributed by atoms with van der Waals surface area (Å²) in [4.78, 5) is 12.4. The molecule has 0 atom stereocenters. The van der Waals surface area contributed by atoms with Crippen LogP contribution in [-0.4, -0.2) is 25.0 Å². The summed E-state index contributed by atoms with van der Waals surface area (Å²) in [5.74, 6) is -1.25. The van der Waals surface area contributed by atoms with Gasteiger partial charge in [-0.15, -0.1) is 0 Å². The standard InChI is InChI=1S/C17H16F2N2O3S/c18-17(19)25-13-4-2-12(3-5-13)20-9-16(22)21-8-11-1-6-14-15(7-11)24-10-23-14/h1-7,17,20H,8-10H2,(H,21,22). The topological polar surface area (TPSA) is 59.6 Å². The number of nitrogens with one attached hydrogen (secondary N) is 2. The lowest BCUT2D eigenvalue weighted by Crippen LogP contribution is -2.29. The quantitative estimate of drug-likeness (QED) is 0.735. The number of hydrogen-bond acceptors (Lipinski definition) is 5. The molecule has 1 aliphatic heterocycles. The molecule has 0 saturated carbocycles. The molecule has 0 radical (unpaired) electrons. The fraction of sp³-hybridized carbons (Fsp3) is 0.235. The molecule has 0 unspecified atom stereocenters. The van der Waals surface area contributed by atoms with Crippen molar-refractivity contribution in [1.29, 1.82) is 0 Å². The molecule has 2 aromatic rings. The zero-order valence-electron chi connectivity index (χ0n) is 13.1. The molecule has 3 rings (SSSR count). The van der Waals surface area contributed by atoms with Crippen LogP contribution >= 0.6 is 11.8 Å². The van der Waals surface area contributed by atoms with Gasteiger partial charge in [-0.1, -0.05) is 17.8 Å². The molecule has 132 valence electrons. The Hall–Kier alpha value is -2.48. The van der Waals surface area contributed by atoms with Crippen molar-refractivity contribution < 1.29 is 23.0 Å². The minimum atomic E-state index is -2.44. The minimum Gasteiger partial charge on any atom is -0.454 e. The van der Waals surface area contributed by atoms with E-state index in [1.807, 2.05) is 12.1 Å². The lowest BCUT2D eigenvalue weighted by Gasteiger charge is -2.09. The van der Waals surface area contributed by atoms with Crippen LogP contribution in [0.2, 0.25) is 0 Å². The van der Waals surface area contributed by atoms with Crippen LogP contribution in [0.5, 0.6) is 11.5 Å². The highest BCUT2D eigenvalue weighted by Gasteiger charge is 2.13. The molecule has 0 spiro atoms. The highest BCUT2D eigenvalue weighted by molar-refractivity contribution is 7.99. The molecule has 5 nitrogen and oxygen atoms in total. The van der Waals surface area contributed by atoms with Crippen molar-refractivity contribution in [1.82, 2.24) is 5.32 Å². The van der Waals surface area contributed by atoms with Gasteiger partial charge in [0.1, 0.15) is 0 Å². The van der Waals surface area contributed by atoms with Gasteiger partial charge in [0.05, 0.1) is 6.54 Å². The SMILES string of the molecule is O=C(CNc1ccc(SC(F)F)cc1)NCc1ccc2c(c1)OCO2. The number of carbonyl (C=O) groups excluding carboxylic acids is 1. The second-order valence-electron chi connectivity index (χ2n) is 5.22. The van der Waals surface area contributed by atoms with E-state index in [1.165, 1.54) is 0 Å². The van der Waals surface area contributed by atoms with E-state index in [-0.39, 0.29) is 19.2 Å². The number of carbonyl (C=O) groups is 1. The van der Waals surface area contributed by atoms with Gasteiger partial charge in [-0.2, -0.15) is 8.78 Å². The molecular formula is C17H16F2N2O3S. The van der Waals surface area contributed by atoms with Gasteiger partial charge in [0.15, 0.2) is 11.5 Å². The molecular weight excluding hydrogens is 350 g/mol. The smallest absolute Gasteiger partial charge is 0.288 e. The Labute approximate surface area is 147 Å². The highest BCUT2D eigenvalue weighted by Crippen LogP contribution is 2.32. The maximum atomic E-state index is 12.3. The normalized spacial score (nSPS) is 12.3. The van der Waals surface area contributed by atoms with Crippen LogP contribution < -0.4 is 20.1 Å². The van der Waals surface area contributed by atoms with Crippen LogP contribution in [0.1, 0.15) is 5.56 Å². The average molecular weight is 366 g/mol. The highest BCUT2D eigenvalue weighted by atomic mass is 32.2. The van der Waals surface area contributed by atoms with Crippen LogP contribution in [0.25, 0.3) is 0 Å². The summed E-state index contributed by atoms with van der Waals surface area (Å²) in [6, 6.07) is 12.0. The monoisotopic (exact) mass is 366 g/mol. The van der Waals surface area contributed by atoms with Crippen LogP contribution in [0, 0.1) is 0 Å². The molecule has 1 heterocycles. The number of anilines is 1. The van der Waals surface area contributed by atoms with Crippen molar-refractivity contribution in [2.45, 2.75) is 17.2 Å². The summed E-state index contributed by atoms with van der Waals surface area (Å²) < 4.78 is 35.0. The molecule has 0 aliphatic carbocycles. The van der Waals surface area contributed by atoms with Crippen molar-refractivity contribution in [3.8, 4) is 11.5 Å². The second-order valence-corrected chi connectivity index (χ2v) is 6.28. The first kappa shape index (κ1) is 17.3.